The van der Waals surface area contributed by atoms with Crippen molar-refractivity contribution >= 4 is 11.4 Å². The van der Waals surface area contributed by atoms with Gasteiger partial charge in [0.1, 0.15) is 12.0 Å². The molecule has 1 unspecified atom stereocenters. The highest BCUT2D eigenvalue weighted by atomic mass is 16.6. The smallest absolute Gasteiger partial charge is 0.294 e. The number of aromatic nitrogens is 4. The zero-order valence-electron chi connectivity index (χ0n) is 11.7. The first-order valence-corrected chi connectivity index (χ1v) is 6.92. The van der Waals surface area contributed by atoms with Crippen molar-refractivity contribution in [3.05, 3.63) is 34.6 Å². The van der Waals surface area contributed by atoms with Crippen LogP contribution in [0.3, 0.4) is 0 Å². The Morgan fingerprint density at radius 2 is 2.29 bits per heavy atom. The van der Waals surface area contributed by atoms with Crippen LogP contribution in [0, 0.1) is 16.0 Å². The molecular formula is C13H16N6O2. The van der Waals surface area contributed by atoms with E-state index in [0.29, 0.717) is 17.3 Å². The number of nitrogens with zero attached hydrogens (tertiary/aromatic N) is 6. The van der Waals surface area contributed by atoms with Crippen molar-refractivity contribution in [1.82, 2.24) is 20.2 Å². The van der Waals surface area contributed by atoms with E-state index < -0.39 is 0 Å². The topological polar surface area (TPSA) is 90.0 Å². The average molecular weight is 288 g/mol. The van der Waals surface area contributed by atoms with Crippen LogP contribution in [0.25, 0.3) is 5.69 Å². The number of nitro benzene ring substituents is 1. The molecule has 1 aromatic carbocycles. The van der Waals surface area contributed by atoms with Gasteiger partial charge in [0.25, 0.3) is 5.69 Å². The molecule has 1 atom stereocenters. The summed E-state index contributed by atoms with van der Waals surface area (Å²) in [7, 11) is 0. The quantitative estimate of drug-likeness (QED) is 0.632. The normalized spacial score (nSPS) is 18.7. The first-order valence-electron chi connectivity index (χ1n) is 6.92. The van der Waals surface area contributed by atoms with Gasteiger partial charge in [0.15, 0.2) is 0 Å². The van der Waals surface area contributed by atoms with Crippen LogP contribution < -0.4 is 4.90 Å². The number of benzene rings is 1. The molecule has 0 amide bonds. The van der Waals surface area contributed by atoms with Gasteiger partial charge in [-0.15, -0.1) is 5.10 Å². The van der Waals surface area contributed by atoms with Gasteiger partial charge in [0.2, 0.25) is 0 Å². The van der Waals surface area contributed by atoms with Crippen molar-refractivity contribution in [2.24, 2.45) is 5.92 Å². The number of nitro groups is 1. The van der Waals surface area contributed by atoms with Gasteiger partial charge in [-0.3, -0.25) is 10.1 Å². The Hall–Kier alpha value is -2.51. The third kappa shape index (κ3) is 2.69. The van der Waals surface area contributed by atoms with Crippen LogP contribution in [0.15, 0.2) is 24.5 Å². The number of hydrogen-bond acceptors (Lipinski definition) is 6. The minimum atomic E-state index is -0.345. The van der Waals surface area contributed by atoms with Crippen molar-refractivity contribution < 1.29 is 4.92 Å². The van der Waals surface area contributed by atoms with Crippen molar-refractivity contribution in [1.29, 1.82) is 0 Å². The highest BCUT2D eigenvalue weighted by molar-refractivity contribution is 5.66. The lowest BCUT2D eigenvalue weighted by molar-refractivity contribution is -0.384. The summed E-state index contributed by atoms with van der Waals surface area (Å²) in [4.78, 5) is 13.1. The second-order valence-corrected chi connectivity index (χ2v) is 5.38. The molecule has 1 aliphatic heterocycles. The lowest BCUT2D eigenvalue weighted by Crippen LogP contribution is -2.34. The number of rotatable bonds is 3. The summed E-state index contributed by atoms with van der Waals surface area (Å²) in [5.74, 6) is 0.553. The van der Waals surface area contributed by atoms with E-state index in [9.17, 15) is 10.1 Å². The summed E-state index contributed by atoms with van der Waals surface area (Å²) < 4.78 is 1.41. The van der Waals surface area contributed by atoms with Crippen LogP contribution >= 0.6 is 0 Å². The highest BCUT2D eigenvalue weighted by Gasteiger charge is 2.24. The number of hydrogen-bond donors (Lipinski definition) is 0. The van der Waals surface area contributed by atoms with E-state index in [1.807, 2.05) is 0 Å². The summed E-state index contributed by atoms with van der Waals surface area (Å²) in [6.45, 7) is 3.88. The molecule has 21 heavy (non-hydrogen) atoms. The first kappa shape index (κ1) is 13.5. The van der Waals surface area contributed by atoms with Gasteiger partial charge >= 0.3 is 0 Å². The summed E-state index contributed by atoms with van der Waals surface area (Å²) >= 11 is 0. The van der Waals surface area contributed by atoms with Crippen LogP contribution in [-0.2, 0) is 0 Å². The van der Waals surface area contributed by atoms with E-state index >= 15 is 0 Å². The molecular weight excluding hydrogens is 272 g/mol. The number of tetrazole rings is 1. The Labute approximate surface area is 121 Å². The molecule has 2 heterocycles. The van der Waals surface area contributed by atoms with Crippen molar-refractivity contribution in [2.45, 2.75) is 19.8 Å². The highest BCUT2D eigenvalue weighted by Crippen LogP contribution is 2.33. The van der Waals surface area contributed by atoms with Gasteiger partial charge in [-0.25, -0.2) is 4.68 Å². The van der Waals surface area contributed by atoms with E-state index in [1.165, 1.54) is 23.5 Å². The average Bonchev–Trinajstić information content (AvgIpc) is 3.01. The molecule has 1 saturated heterocycles. The molecule has 3 rings (SSSR count). The molecule has 1 aliphatic rings. The molecule has 0 bridgehead atoms. The maximum atomic E-state index is 11.4. The van der Waals surface area contributed by atoms with E-state index in [2.05, 4.69) is 27.3 Å². The van der Waals surface area contributed by atoms with E-state index in [1.54, 1.807) is 12.1 Å². The largest absolute Gasteiger partial charge is 0.366 e. The van der Waals surface area contributed by atoms with Crippen LogP contribution in [0.4, 0.5) is 11.4 Å². The molecule has 1 aromatic heterocycles. The first-order chi connectivity index (χ1) is 10.1. The molecule has 0 aliphatic carbocycles. The van der Waals surface area contributed by atoms with Crippen LogP contribution in [0.1, 0.15) is 19.8 Å². The lowest BCUT2D eigenvalue weighted by Gasteiger charge is -2.32. The molecule has 0 saturated carbocycles. The maximum Gasteiger partial charge on any atom is 0.294 e. The maximum absolute atomic E-state index is 11.4. The number of piperidine rings is 1. The van der Waals surface area contributed by atoms with E-state index in [-0.39, 0.29) is 10.6 Å². The molecule has 0 radical (unpaired) electrons. The SMILES string of the molecule is CC1CCCN(c2ccc(-n3cnnn3)cc2[N+](=O)[O-])C1. The van der Waals surface area contributed by atoms with Gasteiger partial charge in [-0.05, 0) is 41.3 Å². The molecule has 2 aromatic rings. The fourth-order valence-electron chi connectivity index (χ4n) is 2.76. The lowest BCUT2D eigenvalue weighted by atomic mass is 9.99. The summed E-state index contributed by atoms with van der Waals surface area (Å²) in [5.41, 5.74) is 1.35. The Bertz CT molecular complexity index is 642. The fraction of sp³-hybridized carbons (Fsp3) is 0.462. The van der Waals surface area contributed by atoms with Crippen molar-refractivity contribution in [2.75, 3.05) is 18.0 Å². The van der Waals surface area contributed by atoms with E-state index in [0.717, 1.165) is 19.5 Å². The molecule has 1 fully saturated rings. The minimum absolute atomic E-state index is 0.0945. The Kier molecular flexibility index (Phi) is 3.51. The Morgan fingerprint density at radius 3 is 2.95 bits per heavy atom. The zero-order valence-corrected chi connectivity index (χ0v) is 11.7. The summed E-state index contributed by atoms with van der Waals surface area (Å²) in [5, 5.41) is 22.2. The standard InChI is InChI=1S/C13H16N6O2/c1-10-3-2-6-17(8-10)12-5-4-11(7-13(12)19(20)21)18-9-14-15-16-18/h4-5,7,9-10H,2-3,6,8H2,1H3. The minimum Gasteiger partial charge on any atom is -0.366 e. The van der Waals surface area contributed by atoms with Crippen molar-refractivity contribution in [3.8, 4) is 5.69 Å². The monoisotopic (exact) mass is 288 g/mol. The second kappa shape index (κ2) is 5.47. The second-order valence-electron chi connectivity index (χ2n) is 5.38. The summed E-state index contributed by atoms with van der Waals surface area (Å²) in [6, 6.07) is 5.11. The van der Waals surface area contributed by atoms with Gasteiger partial charge in [0, 0.05) is 19.2 Å². The van der Waals surface area contributed by atoms with Gasteiger partial charge in [-0.1, -0.05) is 6.92 Å². The van der Waals surface area contributed by atoms with Gasteiger partial charge < -0.3 is 4.90 Å². The molecule has 8 heteroatoms. The Balaban J connectivity index is 1.98. The van der Waals surface area contributed by atoms with E-state index in [4.69, 9.17) is 0 Å². The van der Waals surface area contributed by atoms with Gasteiger partial charge in [0.05, 0.1) is 10.6 Å². The fourth-order valence-corrected chi connectivity index (χ4v) is 2.76. The van der Waals surface area contributed by atoms with Gasteiger partial charge in [-0.2, -0.15) is 0 Å². The Morgan fingerprint density at radius 1 is 1.43 bits per heavy atom. The number of anilines is 1. The zero-order chi connectivity index (χ0) is 14.8. The predicted octanol–water partition coefficient (Wildman–Crippen LogP) is 1.81. The van der Waals surface area contributed by atoms with Crippen molar-refractivity contribution in [3.63, 3.8) is 0 Å². The molecule has 0 N–H and O–H groups in total. The summed E-state index contributed by atoms with van der Waals surface area (Å²) in [6.07, 6.45) is 3.65. The van der Waals surface area contributed by atoms with Crippen LogP contribution in [-0.4, -0.2) is 38.2 Å². The third-order valence-electron chi connectivity index (χ3n) is 3.77. The molecule has 8 nitrogen and oxygen atoms in total. The molecule has 110 valence electrons. The predicted molar refractivity (Wildman–Crippen MR) is 76.4 cm³/mol. The molecule has 0 spiro atoms. The van der Waals surface area contributed by atoms with Crippen LogP contribution in [0.2, 0.25) is 0 Å². The van der Waals surface area contributed by atoms with Crippen LogP contribution in [0.5, 0.6) is 0 Å². The third-order valence-corrected chi connectivity index (χ3v) is 3.77.